The molecule has 5 aromatic rings. The molecule has 0 radical (unpaired) electrons. The first-order valence-corrected chi connectivity index (χ1v) is 12.3. The quantitative estimate of drug-likeness (QED) is 0.313. The molecule has 2 aromatic heterocycles. The Kier molecular flexibility index (Phi) is 6.11. The van der Waals surface area contributed by atoms with E-state index in [0.29, 0.717) is 17.4 Å². The number of carbonyl (C=O) groups excluding carboxylic acids is 1. The molecule has 0 bridgehead atoms. The Morgan fingerprint density at radius 3 is 2.92 bits per heavy atom. The molecule has 1 atom stereocenters. The van der Waals surface area contributed by atoms with Crippen LogP contribution < -0.4 is 15.4 Å². The molecule has 1 fully saturated rings. The van der Waals surface area contributed by atoms with Crippen LogP contribution in [-0.4, -0.2) is 63.8 Å². The lowest BCUT2D eigenvalue weighted by Gasteiger charge is -2.14. The highest BCUT2D eigenvalue weighted by Crippen LogP contribution is 2.29. The Morgan fingerprint density at radius 2 is 2.03 bits per heavy atom. The van der Waals surface area contributed by atoms with Crippen molar-refractivity contribution in [3.8, 4) is 17.1 Å². The number of carbonyl (C=O) groups is 1. The maximum absolute atomic E-state index is 12.4. The number of para-hydroxylation sites is 1. The van der Waals surface area contributed by atoms with Crippen LogP contribution in [0.2, 0.25) is 0 Å². The zero-order valence-corrected chi connectivity index (χ0v) is 20.4. The molecule has 9 heteroatoms. The van der Waals surface area contributed by atoms with Gasteiger partial charge in [0.25, 0.3) is 5.91 Å². The third-order valence-electron chi connectivity index (χ3n) is 6.52. The van der Waals surface area contributed by atoms with E-state index in [4.69, 9.17) is 14.7 Å². The Hall–Kier alpha value is -4.50. The van der Waals surface area contributed by atoms with Crippen LogP contribution in [0.3, 0.4) is 0 Å². The Labute approximate surface area is 213 Å². The summed E-state index contributed by atoms with van der Waals surface area (Å²) in [6, 6.07) is 21.6. The van der Waals surface area contributed by atoms with E-state index >= 15 is 0 Å². The molecular weight excluding hydrogens is 466 g/mol. The first kappa shape index (κ1) is 22.9. The minimum atomic E-state index is -0.117. The fourth-order valence-corrected chi connectivity index (χ4v) is 4.65. The summed E-state index contributed by atoms with van der Waals surface area (Å²) in [7, 11) is 2.06. The SMILES string of the molecule is CN1CCC(NC(=O)COc2cccc(-c3nc(Nc4ccc5[nH]ncc5c4)c4ccccc4n3)c2)C1. The summed E-state index contributed by atoms with van der Waals surface area (Å²) in [5.74, 6) is 1.74. The smallest absolute Gasteiger partial charge is 0.258 e. The second kappa shape index (κ2) is 9.87. The van der Waals surface area contributed by atoms with Crippen molar-refractivity contribution in [2.24, 2.45) is 0 Å². The van der Waals surface area contributed by atoms with Gasteiger partial charge in [-0.05, 0) is 62.5 Å². The number of likely N-dealkylation sites (tertiary alicyclic amines) is 1. The average Bonchev–Trinajstić information content (AvgIpc) is 3.55. The molecule has 0 spiro atoms. The normalized spacial score (nSPS) is 15.8. The molecule has 1 amide bonds. The Morgan fingerprint density at radius 1 is 1.11 bits per heavy atom. The number of nitrogens with zero attached hydrogens (tertiary/aromatic N) is 4. The number of anilines is 2. The third-order valence-corrected chi connectivity index (χ3v) is 6.52. The second-order valence-corrected chi connectivity index (χ2v) is 9.34. The van der Waals surface area contributed by atoms with Gasteiger partial charge in [-0.1, -0.05) is 24.3 Å². The minimum absolute atomic E-state index is 0.0362. The molecule has 0 saturated carbocycles. The summed E-state index contributed by atoms with van der Waals surface area (Å²) in [6.45, 7) is 1.83. The number of nitrogens with one attached hydrogen (secondary N) is 3. The van der Waals surface area contributed by atoms with Crippen molar-refractivity contribution in [3.63, 3.8) is 0 Å². The average molecular weight is 494 g/mol. The number of fused-ring (bicyclic) bond motifs is 2. The van der Waals surface area contributed by atoms with Crippen molar-refractivity contribution >= 4 is 39.2 Å². The van der Waals surface area contributed by atoms with Crippen molar-refractivity contribution in [2.45, 2.75) is 12.5 Å². The summed E-state index contributed by atoms with van der Waals surface area (Å²) in [6.07, 6.45) is 2.76. The van der Waals surface area contributed by atoms with E-state index in [0.717, 1.165) is 52.6 Å². The van der Waals surface area contributed by atoms with E-state index < -0.39 is 0 Å². The van der Waals surface area contributed by atoms with Gasteiger partial charge in [0.05, 0.1) is 17.2 Å². The van der Waals surface area contributed by atoms with Gasteiger partial charge in [0.1, 0.15) is 11.6 Å². The lowest BCUT2D eigenvalue weighted by molar-refractivity contribution is -0.123. The van der Waals surface area contributed by atoms with E-state index in [-0.39, 0.29) is 18.6 Å². The number of hydrogen-bond acceptors (Lipinski definition) is 7. The van der Waals surface area contributed by atoms with Crippen molar-refractivity contribution in [3.05, 3.63) is 72.9 Å². The van der Waals surface area contributed by atoms with Crippen LogP contribution in [0.4, 0.5) is 11.5 Å². The van der Waals surface area contributed by atoms with Crippen LogP contribution in [0.1, 0.15) is 6.42 Å². The van der Waals surface area contributed by atoms with Gasteiger partial charge in [0.15, 0.2) is 12.4 Å². The molecule has 37 heavy (non-hydrogen) atoms. The van der Waals surface area contributed by atoms with Crippen LogP contribution in [0.5, 0.6) is 5.75 Å². The van der Waals surface area contributed by atoms with Crippen LogP contribution in [0.25, 0.3) is 33.2 Å². The third kappa shape index (κ3) is 5.07. The highest BCUT2D eigenvalue weighted by molar-refractivity contribution is 5.93. The van der Waals surface area contributed by atoms with Gasteiger partial charge in [-0.3, -0.25) is 9.89 Å². The maximum Gasteiger partial charge on any atom is 0.258 e. The number of ether oxygens (including phenoxy) is 1. The first-order chi connectivity index (χ1) is 18.1. The molecule has 1 unspecified atom stereocenters. The summed E-state index contributed by atoms with van der Waals surface area (Å²) < 4.78 is 5.81. The monoisotopic (exact) mass is 493 g/mol. The van der Waals surface area contributed by atoms with E-state index in [1.54, 1.807) is 6.20 Å². The second-order valence-electron chi connectivity index (χ2n) is 9.34. The van der Waals surface area contributed by atoms with E-state index in [1.165, 1.54) is 0 Å². The van der Waals surface area contributed by atoms with Gasteiger partial charge in [-0.2, -0.15) is 5.10 Å². The number of likely N-dealkylation sites (N-methyl/N-ethyl adjacent to an activating group) is 1. The topological polar surface area (TPSA) is 108 Å². The summed E-state index contributed by atoms with van der Waals surface area (Å²) in [4.78, 5) is 24.2. The summed E-state index contributed by atoms with van der Waals surface area (Å²) in [5, 5.41) is 15.5. The highest BCUT2D eigenvalue weighted by atomic mass is 16.5. The molecular formula is C28H27N7O2. The molecule has 3 N–H and O–H groups in total. The standard InChI is InChI=1S/C28H27N7O2/c1-35-12-11-21(16-35)30-26(36)17-37-22-6-4-5-18(14-22)27-32-25-8-3-2-7-23(25)28(33-27)31-20-9-10-24-19(13-20)15-29-34-24/h2-10,13-15,21H,11-12,16-17H2,1H3,(H,29,34)(H,30,36)(H,31,32,33). The van der Waals surface area contributed by atoms with Gasteiger partial charge in [0.2, 0.25) is 0 Å². The van der Waals surface area contributed by atoms with Gasteiger partial charge < -0.3 is 20.3 Å². The van der Waals surface area contributed by atoms with Crippen LogP contribution >= 0.6 is 0 Å². The van der Waals surface area contributed by atoms with E-state index in [2.05, 4.69) is 32.8 Å². The fraction of sp³-hybridized carbons (Fsp3) is 0.214. The zero-order valence-electron chi connectivity index (χ0n) is 20.4. The highest BCUT2D eigenvalue weighted by Gasteiger charge is 2.21. The van der Waals surface area contributed by atoms with Gasteiger partial charge in [-0.25, -0.2) is 9.97 Å². The predicted molar refractivity (Wildman–Crippen MR) is 144 cm³/mol. The molecule has 0 aliphatic carbocycles. The van der Waals surface area contributed by atoms with E-state index in [1.807, 2.05) is 66.7 Å². The van der Waals surface area contributed by atoms with E-state index in [9.17, 15) is 4.79 Å². The lowest BCUT2D eigenvalue weighted by atomic mass is 10.1. The molecule has 186 valence electrons. The number of aromatic nitrogens is 4. The van der Waals surface area contributed by atoms with Crippen molar-refractivity contribution < 1.29 is 9.53 Å². The number of benzene rings is 3. The molecule has 6 rings (SSSR count). The minimum Gasteiger partial charge on any atom is -0.484 e. The molecule has 9 nitrogen and oxygen atoms in total. The zero-order chi connectivity index (χ0) is 25.2. The van der Waals surface area contributed by atoms with Crippen LogP contribution in [0, 0.1) is 0 Å². The van der Waals surface area contributed by atoms with Gasteiger partial charge in [0, 0.05) is 34.6 Å². The lowest BCUT2D eigenvalue weighted by Crippen LogP contribution is -2.39. The van der Waals surface area contributed by atoms with Gasteiger partial charge >= 0.3 is 0 Å². The number of aromatic amines is 1. The summed E-state index contributed by atoms with van der Waals surface area (Å²) >= 11 is 0. The largest absolute Gasteiger partial charge is 0.484 e. The van der Waals surface area contributed by atoms with Crippen LogP contribution in [0.15, 0.2) is 72.9 Å². The van der Waals surface area contributed by atoms with Crippen LogP contribution in [-0.2, 0) is 4.79 Å². The van der Waals surface area contributed by atoms with Crippen molar-refractivity contribution in [1.29, 1.82) is 0 Å². The van der Waals surface area contributed by atoms with Gasteiger partial charge in [-0.15, -0.1) is 0 Å². The number of amides is 1. The molecule has 1 aliphatic heterocycles. The van der Waals surface area contributed by atoms with Crippen molar-refractivity contribution in [2.75, 3.05) is 32.1 Å². The number of H-pyrrole nitrogens is 1. The summed E-state index contributed by atoms with van der Waals surface area (Å²) in [5.41, 5.74) is 3.50. The molecule has 1 aliphatic rings. The number of rotatable bonds is 7. The molecule has 3 heterocycles. The van der Waals surface area contributed by atoms with Crippen molar-refractivity contribution in [1.82, 2.24) is 30.4 Å². The Balaban J connectivity index is 1.24. The maximum atomic E-state index is 12.4. The predicted octanol–water partition coefficient (Wildman–Crippen LogP) is 4.12. The molecule has 3 aromatic carbocycles. The first-order valence-electron chi connectivity index (χ1n) is 12.3. The molecule has 1 saturated heterocycles. The number of hydrogen-bond donors (Lipinski definition) is 3. The fourth-order valence-electron chi connectivity index (χ4n) is 4.65. The Bertz CT molecular complexity index is 1580.